The van der Waals surface area contributed by atoms with E-state index in [2.05, 4.69) is 33.5 Å². The Hall–Kier alpha value is -2.35. The van der Waals surface area contributed by atoms with Gasteiger partial charge < -0.3 is 15.0 Å². The van der Waals surface area contributed by atoms with Crippen LogP contribution in [0.15, 0.2) is 6.07 Å². The molecule has 0 aromatic carbocycles. The molecule has 1 amide bonds. The molecule has 7 nitrogen and oxygen atoms in total. The van der Waals surface area contributed by atoms with Gasteiger partial charge in [-0.3, -0.25) is 5.10 Å². The van der Waals surface area contributed by atoms with Crippen LogP contribution in [-0.4, -0.2) is 50.9 Å². The largest absolute Gasteiger partial charge is 0.444 e. The van der Waals surface area contributed by atoms with Crippen LogP contribution in [-0.2, 0) is 4.74 Å². The molecule has 0 bridgehead atoms. The molecule has 0 aliphatic carbocycles. The van der Waals surface area contributed by atoms with Crippen molar-refractivity contribution in [2.45, 2.75) is 59.1 Å². The van der Waals surface area contributed by atoms with Crippen molar-refractivity contribution >= 4 is 43.7 Å². The lowest BCUT2D eigenvalue weighted by atomic mass is 10.1. The van der Waals surface area contributed by atoms with Crippen LogP contribution in [0.4, 0.5) is 10.6 Å². The lowest BCUT2D eigenvalue weighted by molar-refractivity contribution is 0.0206. The Balaban J connectivity index is 1.55. The standard InChI is InChI=1S/C20H27N5O2S/c1-11-9-12(2)21-18-14(11)15-16(28-18)17(24-23-15)22-13-7-6-8-25(10-13)19(26)27-20(3,4)5/h9,13H,6-8,10H2,1-5H3,(H2,22,23,24). The maximum Gasteiger partial charge on any atom is 0.410 e. The van der Waals surface area contributed by atoms with Gasteiger partial charge in [-0.2, -0.15) is 5.10 Å². The molecule has 1 saturated heterocycles. The average Bonchev–Trinajstić information content (AvgIpc) is 3.13. The number of hydrogen-bond donors (Lipinski definition) is 2. The molecule has 4 rings (SSSR count). The fraction of sp³-hybridized carbons (Fsp3) is 0.550. The third-order valence-corrected chi connectivity index (χ3v) is 5.99. The Morgan fingerprint density at radius 1 is 1.39 bits per heavy atom. The number of piperidine rings is 1. The van der Waals surface area contributed by atoms with Gasteiger partial charge in [0, 0.05) is 30.2 Å². The average molecular weight is 402 g/mol. The third-order valence-electron chi connectivity index (χ3n) is 4.90. The molecule has 1 aliphatic heterocycles. The zero-order valence-electron chi connectivity index (χ0n) is 17.0. The van der Waals surface area contributed by atoms with Crippen LogP contribution in [0.5, 0.6) is 0 Å². The third kappa shape index (κ3) is 3.65. The summed E-state index contributed by atoms with van der Waals surface area (Å²) in [6.07, 6.45) is 1.69. The predicted molar refractivity (Wildman–Crippen MR) is 113 cm³/mol. The van der Waals surface area contributed by atoms with Crippen molar-refractivity contribution in [2.24, 2.45) is 0 Å². The van der Waals surface area contributed by atoms with Crippen molar-refractivity contribution in [3.63, 3.8) is 0 Å². The van der Waals surface area contributed by atoms with Crippen molar-refractivity contribution in [1.29, 1.82) is 0 Å². The molecule has 150 valence electrons. The summed E-state index contributed by atoms with van der Waals surface area (Å²) in [7, 11) is 0. The summed E-state index contributed by atoms with van der Waals surface area (Å²) >= 11 is 1.65. The Kier molecular flexibility index (Phi) is 4.69. The highest BCUT2D eigenvalue weighted by Crippen LogP contribution is 2.38. The normalized spacial score (nSPS) is 18.0. The minimum absolute atomic E-state index is 0.147. The van der Waals surface area contributed by atoms with Crippen LogP contribution in [0.3, 0.4) is 0 Å². The molecular weight excluding hydrogens is 374 g/mol. The fourth-order valence-electron chi connectivity index (χ4n) is 3.76. The number of amides is 1. The number of aromatic amines is 1. The van der Waals surface area contributed by atoms with E-state index in [0.717, 1.165) is 51.3 Å². The smallest absolute Gasteiger partial charge is 0.410 e. The van der Waals surface area contributed by atoms with Gasteiger partial charge in [-0.25, -0.2) is 9.78 Å². The second-order valence-corrected chi connectivity index (χ2v) is 9.55. The molecule has 0 spiro atoms. The van der Waals surface area contributed by atoms with Crippen molar-refractivity contribution in [3.05, 3.63) is 17.3 Å². The molecule has 28 heavy (non-hydrogen) atoms. The van der Waals surface area contributed by atoms with Crippen molar-refractivity contribution in [1.82, 2.24) is 20.1 Å². The van der Waals surface area contributed by atoms with Gasteiger partial charge in [-0.05, 0) is 59.1 Å². The molecule has 1 unspecified atom stereocenters. The zero-order valence-corrected chi connectivity index (χ0v) is 17.9. The summed E-state index contributed by atoms with van der Waals surface area (Å²) in [5.74, 6) is 0.839. The molecule has 0 saturated carbocycles. The maximum absolute atomic E-state index is 12.4. The van der Waals surface area contributed by atoms with Gasteiger partial charge in [0.25, 0.3) is 0 Å². The van der Waals surface area contributed by atoms with Gasteiger partial charge in [-0.1, -0.05) is 0 Å². The highest BCUT2D eigenvalue weighted by atomic mass is 32.1. The summed E-state index contributed by atoms with van der Waals surface area (Å²) in [6, 6.07) is 2.25. The fourth-order valence-corrected chi connectivity index (χ4v) is 4.96. The van der Waals surface area contributed by atoms with E-state index in [1.165, 1.54) is 5.56 Å². The number of nitrogens with zero attached hydrogens (tertiary/aromatic N) is 3. The second-order valence-electron chi connectivity index (χ2n) is 8.55. The van der Waals surface area contributed by atoms with Gasteiger partial charge in [-0.15, -0.1) is 11.3 Å². The number of hydrogen-bond acceptors (Lipinski definition) is 6. The quantitative estimate of drug-likeness (QED) is 0.656. The summed E-state index contributed by atoms with van der Waals surface area (Å²) in [6.45, 7) is 11.2. The Labute approximate surface area is 168 Å². The molecule has 0 radical (unpaired) electrons. The molecule has 1 fully saturated rings. The van der Waals surface area contributed by atoms with E-state index in [0.29, 0.717) is 6.54 Å². The van der Waals surface area contributed by atoms with Crippen LogP contribution in [0.1, 0.15) is 44.9 Å². The van der Waals surface area contributed by atoms with Crippen molar-refractivity contribution < 1.29 is 9.53 Å². The Morgan fingerprint density at radius 2 is 2.18 bits per heavy atom. The van der Waals surface area contributed by atoms with Crippen molar-refractivity contribution in [2.75, 3.05) is 18.4 Å². The number of carbonyl (C=O) groups excluding carboxylic acids is 1. The first-order valence-corrected chi connectivity index (χ1v) is 10.5. The van der Waals surface area contributed by atoms with E-state index in [9.17, 15) is 4.79 Å². The van der Waals surface area contributed by atoms with Gasteiger partial charge in [0.1, 0.15) is 10.4 Å². The number of rotatable bonds is 2. The van der Waals surface area contributed by atoms with E-state index < -0.39 is 5.60 Å². The van der Waals surface area contributed by atoms with Crippen LogP contribution >= 0.6 is 11.3 Å². The molecule has 4 heterocycles. The molecule has 3 aromatic rings. The molecule has 8 heteroatoms. The first-order chi connectivity index (χ1) is 13.2. The number of pyridine rings is 1. The molecule has 3 aromatic heterocycles. The van der Waals surface area contributed by atoms with Gasteiger partial charge >= 0.3 is 6.09 Å². The zero-order chi connectivity index (χ0) is 20.1. The number of thiophene rings is 1. The summed E-state index contributed by atoms with van der Waals surface area (Å²) in [5, 5.41) is 12.4. The first kappa shape index (κ1) is 19.0. The molecule has 2 N–H and O–H groups in total. The molecular formula is C20H27N5O2S. The SMILES string of the molecule is Cc1cc(C)c2c(n1)sc1c(NC3CCCN(C(=O)OC(C)(C)C)C3)n[nH]c12. The lowest BCUT2D eigenvalue weighted by Crippen LogP contribution is -2.47. The minimum atomic E-state index is -0.480. The number of likely N-dealkylation sites (tertiary alicyclic amines) is 1. The predicted octanol–water partition coefficient (Wildman–Crippen LogP) is 4.60. The summed E-state index contributed by atoms with van der Waals surface area (Å²) < 4.78 is 6.61. The van der Waals surface area contributed by atoms with E-state index in [1.807, 2.05) is 27.7 Å². The van der Waals surface area contributed by atoms with Gasteiger partial charge in [0.05, 0.1) is 10.2 Å². The van der Waals surface area contributed by atoms with E-state index in [4.69, 9.17) is 4.74 Å². The number of fused-ring (bicyclic) bond motifs is 3. The van der Waals surface area contributed by atoms with Crippen LogP contribution < -0.4 is 5.32 Å². The number of aryl methyl sites for hydroxylation is 2. The Morgan fingerprint density at radius 3 is 2.93 bits per heavy atom. The van der Waals surface area contributed by atoms with E-state index >= 15 is 0 Å². The van der Waals surface area contributed by atoms with E-state index in [-0.39, 0.29) is 12.1 Å². The number of aromatic nitrogens is 3. The maximum atomic E-state index is 12.4. The summed E-state index contributed by atoms with van der Waals surface area (Å²) in [4.78, 5) is 19.9. The number of nitrogens with one attached hydrogen (secondary N) is 2. The van der Waals surface area contributed by atoms with Gasteiger partial charge in [0.15, 0.2) is 5.82 Å². The monoisotopic (exact) mass is 401 g/mol. The molecule has 1 atom stereocenters. The number of ether oxygens (including phenoxy) is 1. The van der Waals surface area contributed by atoms with Gasteiger partial charge in [0.2, 0.25) is 0 Å². The van der Waals surface area contributed by atoms with Crippen molar-refractivity contribution in [3.8, 4) is 0 Å². The minimum Gasteiger partial charge on any atom is -0.444 e. The van der Waals surface area contributed by atoms with Crippen LogP contribution in [0, 0.1) is 13.8 Å². The lowest BCUT2D eigenvalue weighted by Gasteiger charge is -2.34. The second kappa shape index (κ2) is 6.92. The number of anilines is 1. The summed E-state index contributed by atoms with van der Waals surface area (Å²) in [5.41, 5.74) is 2.79. The first-order valence-electron chi connectivity index (χ1n) is 9.70. The van der Waals surface area contributed by atoms with Crippen LogP contribution in [0.25, 0.3) is 20.4 Å². The highest BCUT2D eigenvalue weighted by Gasteiger charge is 2.28. The number of carbonyl (C=O) groups is 1. The number of H-pyrrole nitrogens is 1. The van der Waals surface area contributed by atoms with E-state index in [1.54, 1.807) is 16.2 Å². The topological polar surface area (TPSA) is 83.1 Å². The molecule has 1 aliphatic rings. The highest BCUT2D eigenvalue weighted by molar-refractivity contribution is 7.26. The van der Waals surface area contributed by atoms with Crippen LogP contribution in [0.2, 0.25) is 0 Å². The Bertz CT molecular complexity index is 1030.